The Morgan fingerprint density at radius 1 is 1.42 bits per heavy atom. The number of likely N-dealkylation sites (N-methyl/N-ethyl adjacent to an activating group) is 1. The summed E-state index contributed by atoms with van der Waals surface area (Å²) >= 11 is 0. The minimum absolute atomic E-state index is 0.0933. The summed E-state index contributed by atoms with van der Waals surface area (Å²) in [6, 6.07) is 6.22. The number of carbonyl (C=O) groups excluding carboxylic acids is 1. The third kappa shape index (κ3) is 3.26. The van der Waals surface area contributed by atoms with Crippen molar-refractivity contribution in [2.24, 2.45) is 0 Å². The molecule has 2 N–H and O–H groups in total. The average Bonchev–Trinajstić information content (AvgIpc) is 2.40. The highest BCUT2D eigenvalue weighted by molar-refractivity contribution is 5.93. The molecule has 1 heterocycles. The quantitative estimate of drug-likeness (QED) is 0.856. The van der Waals surface area contributed by atoms with E-state index in [9.17, 15) is 4.79 Å². The van der Waals surface area contributed by atoms with Crippen molar-refractivity contribution >= 4 is 11.6 Å². The number of nitrogens with one attached hydrogen (secondary N) is 2. The number of rotatable bonds is 5. The molecule has 1 aliphatic rings. The van der Waals surface area contributed by atoms with Gasteiger partial charge >= 0.3 is 0 Å². The molecule has 4 nitrogen and oxygen atoms in total. The van der Waals surface area contributed by atoms with Crippen molar-refractivity contribution in [1.29, 1.82) is 0 Å². The fourth-order valence-electron chi connectivity index (χ4n) is 2.50. The van der Waals surface area contributed by atoms with E-state index >= 15 is 0 Å². The lowest BCUT2D eigenvalue weighted by molar-refractivity contribution is -0.116. The largest absolute Gasteiger partial charge is 0.489 e. The summed E-state index contributed by atoms with van der Waals surface area (Å²) in [5.41, 5.74) is 2.07. The molecule has 0 bridgehead atoms. The molecule has 0 saturated carbocycles. The van der Waals surface area contributed by atoms with Crippen LogP contribution in [0.15, 0.2) is 18.2 Å². The van der Waals surface area contributed by atoms with Crippen LogP contribution in [0.2, 0.25) is 0 Å². The van der Waals surface area contributed by atoms with E-state index in [1.165, 1.54) is 0 Å². The number of amides is 1. The monoisotopic (exact) mass is 262 g/mol. The van der Waals surface area contributed by atoms with E-state index in [2.05, 4.69) is 24.5 Å². The van der Waals surface area contributed by atoms with Gasteiger partial charge in [-0.25, -0.2) is 0 Å². The van der Waals surface area contributed by atoms with Crippen LogP contribution in [0.5, 0.6) is 5.75 Å². The second kappa shape index (κ2) is 6.06. The van der Waals surface area contributed by atoms with Crippen molar-refractivity contribution < 1.29 is 9.53 Å². The van der Waals surface area contributed by atoms with Crippen molar-refractivity contribution in [1.82, 2.24) is 5.32 Å². The third-order valence-corrected chi connectivity index (χ3v) is 3.67. The standard InChI is InChI=1S/C15H22N2O2/c1-4-13(16-3)10(2)19-12-6-7-14-11(9-12)5-8-15(18)17-14/h6-7,9-10,13,16H,4-5,8H2,1-3H3,(H,17,18). The topological polar surface area (TPSA) is 50.4 Å². The zero-order valence-corrected chi connectivity index (χ0v) is 11.8. The van der Waals surface area contributed by atoms with Gasteiger partial charge in [0, 0.05) is 18.2 Å². The van der Waals surface area contributed by atoms with Crippen LogP contribution in [0.3, 0.4) is 0 Å². The van der Waals surface area contributed by atoms with Crippen molar-refractivity contribution in [3.63, 3.8) is 0 Å². The minimum Gasteiger partial charge on any atom is -0.489 e. The third-order valence-electron chi connectivity index (χ3n) is 3.67. The summed E-state index contributed by atoms with van der Waals surface area (Å²) in [4.78, 5) is 11.3. The Morgan fingerprint density at radius 3 is 2.89 bits per heavy atom. The van der Waals surface area contributed by atoms with Gasteiger partial charge in [-0.05, 0) is 50.6 Å². The molecule has 104 valence electrons. The Balaban J connectivity index is 2.08. The molecule has 0 fully saturated rings. The number of hydrogen-bond donors (Lipinski definition) is 2. The lowest BCUT2D eigenvalue weighted by Gasteiger charge is -2.24. The van der Waals surface area contributed by atoms with Crippen molar-refractivity contribution in [3.8, 4) is 5.75 Å². The maximum Gasteiger partial charge on any atom is 0.224 e. The summed E-state index contributed by atoms with van der Waals surface area (Å²) in [6.07, 6.45) is 2.49. The smallest absolute Gasteiger partial charge is 0.224 e. The molecule has 19 heavy (non-hydrogen) atoms. The molecule has 2 rings (SSSR count). The van der Waals surface area contributed by atoms with E-state index in [1.807, 2.05) is 25.2 Å². The van der Waals surface area contributed by atoms with E-state index in [0.29, 0.717) is 12.5 Å². The first-order chi connectivity index (χ1) is 9.13. The summed E-state index contributed by atoms with van der Waals surface area (Å²) in [5, 5.41) is 6.14. The number of hydrogen-bond acceptors (Lipinski definition) is 3. The molecule has 4 heteroatoms. The Labute approximate surface area is 114 Å². The second-order valence-corrected chi connectivity index (χ2v) is 4.99. The SMILES string of the molecule is CCC(NC)C(C)Oc1ccc2c(c1)CCC(=O)N2. The van der Waals surface area contributed by atoms with Gasteiger partial charge < -0.3 is 15.4 Å². The highest BCUT2D eigenvalue weighted by atomic mass is 16.5. The number of carbonyl (C=O) groups is 1. The van der Waals surface area contributed by atoms with E-state index in [4.69, 9.17) is 4.74 Å². The van der Waals surface area contributed by atoms with Gasteiger partial charge in [0.2, 0.25) is 5.91 Å². The predicted molar refractivity (Wildman–Crippen MR) is 76.6 cm³/mol. The van der Waals surface area contributed by atoms with Crippen LogP contribution in [0.1, 0.15) is 32.3 Å². The van der Waals surface area contributed by atoms with E-state index < -0.39 is 0 Å². The molecule has 0 aliphatic carbocycles. The van der Waals surface area contributed by atoms with Crippen molar-refractivity contribution in [3.05, 3.63) is 23.8 Å². The molecule has 1 amide bonds. The Kier molecular flexibility index (Phi) is 4.43. The Bertz CT molecular complexity index is 455. The fraction of sp³-hybridized carbons (Fsp3) is 0.533. The minimum atomic E-state index is 0.0933. The van der Waals surface area contributed by atoms with Gasteiger partial charge in [-0.2, -0.15) is 0 Å². The average molecular weight is 262 g/mol. The molecule has 2 atom stereocenters. The van der Waals surface area contributed by atoms with Crippen LogP contribution >= 0.6 is 0 Å². The van der Waals surface area contributed by atoms with Crippen LogP contribution in [-0.2, 0) is 11.2 Å². The highest BCUT2D eigenvalue weighted by Crippen LogP contribution is 2.27. The van der Waals surface area contributed by atoms with Gasteiger partial charge in [-0.15, -0.1) is 0 Å². The fourth-order valence-corrected chi connectivity index (χ4v) is 2.50. The predicted octanol–water partition coefficient (Wildman–Crippen LogP) is 2.34. The first-order valence-corrected chi connectivity index (χ1v) is 6.90. The van der Waals surface area contributed by atoms with Crippen LogP contribution in [0, 0.1) is 0 Å². The van der Waals surface area contributed by atoms with Gasteiger partial charge in [0.15, 0.2) is 0 Å². The summed E-state index contributed by atoms with van der Waals surface area (Å²) in [6.45, 7) is 4.22. The van der Waals surface area contributed by atoms with E-state index in [0.717, 1.165) is 29.8 Å². The van der Waals surface area contributed by atoms with Crippen LogP contribution < -0.4 is 15.4 Å². The first kappa shape index (κ1) is 13.9. The first-order valence-electron chi connectivity index (χ1n) is 6.90. The molecule has 0 radical (unpaired) electrons. The maximum absolute atomic E-state index is 11.3. The van der Waals surface area contributed by atoms with Gasteiger partial charge in [0.25, 0.3) is 0 Å². The number of aryl methyl sites for hydroxylation is 1. The number of ether oxygens (including phenoxy) is 1. The van der Waals surface area contributed by atoms with Gasteiger partial charge in [-0.1, -0.05) is 6.92 Å². The number of benzene rings is 1. The summed E-state index contributed by atoms with van der Waals surface area (Å²) in [7, 11) is 1.95. The lowest BCUT2D eigenvalue weighted by atomic mass is 10.0. The van der Waals surface area contributed by atoms with E-state index in [1.54, 1.807) is 0 Å². The molecule has 0 spiro atoms. The van der Waals surface area contributed by atoms with Gasteiger partial charge in [0.05, 0.1) is 0 Å². The molecular formula is C15H22N2O2. The molecular weight excluding hydrogens is 240 g/mol. The summed E-state index contributed by atoms with van der Waals surface area (Å²) < 4.78 is 5.98. The molecule has 0 aromatic heterocycles. The zero-order chi connectivity index (χ0) is 13.8. The molecule has 1 aromatic rings. The molecule has 1 aromatic carbocycles. The van der Waals surface area contributed by atoms with Crippen LogP contribution in [0.4, 0.5) is 5.69 Å². The van der Waals surface area contributed by atoms with Crippen molar-refractivity contribution in [2.75, 3.05) is 12.4 Å². The zero-order valence-electron chi connectivity index (χ0n) is 11.8. The van der Waals surface area contributed by atoms with E-state index in [-0.39, 0.29) is 12.0 Å². The number of fused-ring (bicyclic) bond motifs is 1. The molecule has 2 unspecified atom stereocenters. The molecule has 1 aliphatic heterocycles. The molecule has 0 saturated heterocycles. The van der Waals surface area contributed by atoms with Crippen LogP contribution in [-0.4, -0.2) is 25.1 Å². The summed E-state index contributed by atoms with van der Waals surface area (Å²) in [5.74, 6) is 0.965. The van der Waals surface area contributed by atoms with Crippen molar-refractivity contribution in [2.45, 2.75) is 45.3 Å². The lowest BCUT2D eigenvalue weighted by Crippen LogP contribution is -2.38. The normalized spacial score (nSPS) is 17.3. The van der Waals surface area contributed by atoms with Crippen LogP contribution in [0.25, 0.3) is 0 Å². The second-order valence-electron chi connectivity index (χ2n) is 4.99. The number of anilines is 1. The maximum atomic E-state index is 11.3. The highest BCUT2D eigenvalue weighted by Gasteiger charge is 2.18. The Morgan fingerprint density at radius 2 is 2.21 bits per heavy atom. The Hall–Kier alpha value is -1.55. The van der Waals surface area contributed by atoms with Gasteiger partial charge in [-0.3, -0.25) is 4.79 Å². The van der Waals surface area contributed by atoms with Gasteiger partial charge in [0.1, 0.15) is 11.9 Å².